The topological polar surface area (TPSA) is 12.0 Å². The van der Waals surface area contributed by atoms with Gasteiger partial charge in [-0.2, -0.15) is 13.2 Å². The van der Waals surface area contributed by atoms with E-state index in [0.717, 1.165) is 5.56 Å². The Labute approximate surface area is 110 Å². The Morgan fingerprint density at radius 2 is 1.67 bits per heavy atom. The number of benzene rings is 1. The second-order valence-electron chi connectivity index (χ2n) is 4.61. The third-order valence-corrected chi connectivity index (χ3v) is 3.52. The molecule has 18 heavy (non-hydrogen) atoms. The molecule has 1 rings (SSSR count). The van der Waals surface area contributed by atoms with Crippen molar-refractivity contribution in [1.29, 1.82) is 0 Å². The third-order valence-electron chi connectivity index (χ3n) is 2.79. The van der Waals surface area contributed by atoms with Gasteiger partial charge in [0.2, 0.25) is 0 Å². The molecule has 0 spiro atoms. The molecule has 1 N–H and O–H groups in total. The van der Waals surface area contributed by atoms with Crippen LogP contribution < -0.4 is 5.32 Å². The van der Waals surface area contributed by atoms with E-state index in [-0.39, 0.29) is 16.7 Å². The predicted octanol–water partition coefficient (Wildman–Crippen LogP) is 4.43. The van der Waals surface area contributed by atoms with Crippen molar-refractivity contribution in [3.8, 4) is 0 Å². The molecule has 0 aliphatic rings. The fourth-order valence-electron chi connectivity index (χ4n) is 1.32. The highest BCUT2D eigenvalue weighted by molar-refractivity contribution is 8.00. The van der Waals surface area contributed by atoms with E-state index < -0.39 is 5.51 Å². The summed E-state index contributed by atoms with van der Waals surface area (Å²) in [6.07, 6.45) is 0. The van der Waals surface area contributed by atoms with Crippen LogP contribution in [0, 0.1) is 5.92 Å². The normalized spacial score (nSPS) is 13.9. The average Bonchev–Trinajstić information content (AvgIpc) is 2.25. The highest BCUT2D eigenvalue weighted by Gasteiger charge is 2.28. The maximum atomic E-state index is 12.1. The van der Waals surface area contributed by atoms with Gasteiger partial charge in [0.1, 0.15) is 0 Å². The van der Waals surface area contributed by atoms with Gasteiger partial charge in [0.15, 0.2) is 0 Å². The second-order valence-corrected chi connectivity index (χ2v) is 5.74. The molecule has 5 heteroatoms. The zero-order valence-electron chi connectivity index (χ0n) is 10.7. The summed E-state index contributed by atoms with van der Waals surface area (Å²) in [5.74, 6) is 0.532. The smallest absolute Gasteiger partial charge is 0.310 e. The van der Waals surface area contributed by atoms with Crippen LogP contribution in [-0.4, -0.2) is 11.6 Å². The summed E-state index contributed by atoms with van der Waals surface area (Å²) in [6.45, 7) is 7.02. The number of halogens is 3. The van der Waals surface area contributed by atoms with Crippen LogP contribution in [0.2, 0.25) is 0 Å². The Morgan fingerprint density at radius 3 is 2.11 bits per heavy atom. The molecule has 0 aromatic heterocycles. The molecule has 0 saturated heterocycles. The van der Waals surface area contributed by atoms with E-state index >= 15 is 0 Å². The first kappa shape index (κ1) is 15.4. The minimum atomic E-state index is -4.22. The lowest BCUT2D eigenvalue weighted by atomic mass is 10.1. The van der Waals surface area contributed by atoms with Crippen LogP contribution in [0.3, 0.4) is 0 Å². The molecule has 0 heterocycles. The maximum absolute atomic E-state index is 12.1. The Morgan fingerprint density at radius 1 is 1.11 bits per heavy atom. The second kappa shape index (κ2) is 6.48. The molecule has 1 nitrogen and oxygen atoms in total. The number of alkyl halides is 3. The van der Waals surface area contributed by atoms with Gasteiger partial charge in [0, 0.05) is 17.5 Å². The van der Waals surface area contributed by atoms with Crippen molar-refractivity contribution in [3.05, 3.63) is 29.8 Å². The van der Waals surface area contributed by atoms with Crippen molar-refractivity contribution in [3.63, 3.8) is 0 Å². The highest BCUT2D eigenvalue weighted by Crippen LogP contribution is 2.36. The summed E-state index contributed by atoms with van der Waals surface area (Å²) >= 11 is -0.0817. The molecule has 1 unspecified atom stereocenters. The number of hydrogen-bond donors (Lipinski definition) is 1. The summed E-state index contributed by atoms with van der Waals surface area (Å²) in [6, 6.07) is 6.86. The lowest BCUT2D eigenvalue weighted by Gasteiger charge is -2.17. The van der Waals surface area contributed by atoms with E-state index in [1.165, 1.54) is 12.1 Å². The van der Waals surface area contributed by atoms with Crippen molar-refractivity contribution >= 4 is 11.8 Å². The van der Waals surface area contributed by atoms with Crippen molar-refractivity contribution in [2.24, 2.45) is 5.92 Å². The minimum Gasteiger partial charge on any atom is -0.310 e. The zero-order valence-corrected chi connectivity index (χ0v) is 11.5. The average molecular weight is 277 g/mol. The van der Waals surface area contributed by atoms with Gasteiger partial charge >= 0.3 is 5.51 Å². The number of hydrogen-bond acceptors (Lipinski definition) is 2. The molecule has 1 aromatic rings. The molecular weight excluding hydrogens is 259 g/mol. The van der Waals surface area contributed by atoms with Gasteiger partial charge in [0.25, 0.3) is 0 Å². The van der Waals surface area contributed by atoms with Crippen molar-refractivity contribution in [2.45, 2.75) is 43.8 Å². The van der Waals surface area contributed by atoms with E-state index in [0.29, 0.717) is 18.5 Å². The van der Waals surface area contributed by atoms with Gasteiger partial charge in [-0.1, -0.05) is 26.0 Å². The number of thioether (sulfide) groups is 1. The van der Waals surface area contributed by atoms with Crippen LogP contribution in [0.15, 0.2) is 29.2 Å². The summed E-state index contributed by atoms with van der Waals surface area (Å²) in [7, 11) is 0. The molecule has 0 aliphatic heterocycles. The molecule has 1 atom stereocenters. The lowest BCUT2D eigenvalue weighted by molar-refractivity contribution is -0.0328. The van der Waals surface area contributed by atoms with Crippen molar-refractivity contribution in [2.75, 3.05) is 0 Å². The van der Waals surface area contributed by atoms with E-state index in [1.54, 1.807) is 12.1 Å². The van der Waals surface area contributed by atoms with Crippen molar-refractivity contribution < 1.29 is 13.2 Å². The molecular formula is C13H18F3NS. The molecule has 1 aromatic carbocycles. The summed E-state index contributed by atoms with van der Waals surface area (Å²) < 4.78 is 36.4. The maximum Gasteiger partial charge on any atom is 0.446 e. The highest BCUT2D eigenvalue weighted by atomic mass is 32.2. The van der Waals surface area contributed by atoms with E-state index in [4.69, 9.17) is 0 Å². The zero-order chi connectivity index (χ0) is 13.8. The van der Waals surface area contributed by atoms with Gasteiger partial charge in [-0.25, -0.2) is 0 Å². The van der Waals surface area contributed by atoms with Gasteiger partial charge in [-0.3, -0.25) is 0 Å². The SMILES string of the molecule is CC(C)C(C)NCc1ccc(SC(F)(F)F)cc1. The predicted molar refractivity (Wildman–Crippen MR) is 69.5 cm³/mol. The molecule has 0 fully saturated rings. The van der Waals surface area contributed by atoms with Gasteiger partial charge in [0.05, 0.1) is 0 Å². The monoisotopic (exact) mass is 277 g/mol. The Hall–Kier alpha value is -0.680. The Balaban J connectivity index is 2.50. The van der Waals surface area contributed by atoms with Crippen molar-refractivity contribution in [1.82, 2.24) is 5.32 Å². The fraction of sp³-hybridized carbons (Fsp3) is 0.538. The lowest BCUT2D eigenvalue weighted by Crippen LogP contribution is -2.30. The molecule has 0 bridgehead atoms. The molecule has 0 amide bonds. The van der Waals surface area contributed by atoms with Crippen LogP contribution in [0.4, 0.5) is 13.2 Å². The Bertz CT molecular complexity index is 359. The summed E-state index contributed by atoms with van der Waals surface area (Å²) in [5, 5.41) is 3.34. The molecule has 0 aliphatic carbocycles. The summed E-state index contributed by atoms with van der Waals surface area (Å²) in [4.78, 5) is 0.225. The fourth-order valence-corrected chi connectivity index (χ4v) is 1.86. The molecule has 0 saturated carbocycles. The van der Waals surface area contributed by atoms with Gasteiger partial charge < -0.3 is 5.32 Å². The van der Waals surface area contributed by atoms with Crippen LogP contribution in [0.25, 0.3) is 0 Å². The summed E-state index contributed by atoms with van der Waals surface area (Å²) in [5.41, 5.74) is -3.22. The third kappa shape index (κ3) is 5.78. The molecule has 0 radical (unpaired) electrons. The van der Waals surface area contributed by atoms with E-state index in [9.17, 15) is 13.2 Å². The number of nitrogens with one attached hydrogen (secondary N) is 1. The van der Waals surface area contributed by atoms with Crippen LogP contribution >= 0.6 is 11.8 Å². The van der Waals surface area contributed by atoms with Gasteiger partial charge in [-0.05, 0) is 42.3 Å². The van der Waals surface area contributed by atoms with Crippen LogP contribution in [-0.2, 0) is 6.54 Å². The van der Waals surface area contributed by atoms with Crippen LogP contribution in [0.5, 0.6) is 0 Å². The number of rotatable bonds is 5. The quantitative estimate of drug-likeness (QED) is 0.799. The largest absolute Gasteiger partial charge is 0.446 e. The minimum absolute atomic E-state index is 0.0817. The first-order chi connectivity index (χ1) is 8.28. The standard InChI is InChI=1S/C13H18F3NS/c1-9(2)10(3)17-8-11-4-6-12(7-5-11)18-13(14,15)16/h4-7,9-10,17H,8H2,1-3H3. The molecule has 102 valence electrons. The Kier molecular flexibility index (Phi) is 5.53. The first-order valence-electron chi connectivity index (χ1n) is 5.86. The van der Waals surface area contributed by atoms with E-state index in [2.05, 4.69) is 26.1 Å². The first-order valence-corrected chi connectivity index (χ1v) is 6.67. The van der Waals surface area contributed by atoms with Gasteiger partial charge in [-0.15, -0.1) is 0 Å². The van der Waals surface area contributed by atoms with E-state index in [1.807, 2.05) is 0 Å². The van der Waals surface area contributed by atoms with Crippen LogP contribution in [0.1, 0.15) is 26.3 Å².